The van der Waals surface area contributed by atoms with Crippen molar-refractivity contribution in [1.82, 2.24) is 24.5 Å². The van der Waals surface area contributed by atoms with Gasteiger partial charge in [-0.25, -0.2) is 9.97 Å². The summed E-state index contributed by atoms with van der Waals surface area (Å²) in [5, 5.41) is 9.38. The molecule has 146 valence electrons. The third-order valence-corrected chi connectivity index (χ3v) is 6.85. The third kappa shape index (κ3) is 3.55. The van der Waals surface area contributed by atoms with Crippen molar-refractivity contribution in [2.45, 2.75) is 53.4 Å². The van der Waals surface area contributed by atoms with Crippen molar-refractivity contribution in [1.29, 1.82) is 0 Å². The molecular formula is C20H30N6S. The van der Waals surface area contributed by atoms with E-state index in [9.17, 15) is 0 Å². The molecule has 4 rings (SSSR count). The summed E-state index contributed by atoms with van der Waals surface area (Å²) in [6.07, 6.45) is 4.67. The van der Waals surface area contributed by atoms with Gasteiger partial charge in [0.1, 0.15) is 10.7 Å². The van der Waals surface area contributed by atoms with Crippen molar-refractivity contribution in [2.75, 3.05) is 31.5 Å². The van der Waals surface area contributed by atoms with Crippen LogP contribution >= 0.6 is 11.3 Å². The fraction of sp³-hybridized carbons (Fsp3) is 0.650. The highest BCUT2D eigenvalue weighted by atomic mass is 32.1. The molecule has 0 bridgehead atoms. The SMILES string of the molecule is CCN(CC)CCCNc1nc2sc3c(c2c2nc(C)nn12)C[C@H](C)CC3. The average Bonchev–Trinajstić information content (AvgIpc) is 3.21. The molecule has 0 saturated heterocycles. The molecule has 1 aliphatic rings. The zero-order valence-electron chi connectivity index (χ0n) is 16.9. The minimum Gasteiger partial charge on any atom is -0.354 e. The van der Waals surface area contributed by atoms with Crippen LogP contribution in [0.1, 0.15) is 49.9 Å². The topological polar surface area (TPSA) is 58.3 Å². The Balaban J connectivity index is 1.65. The molecule has 1 N–H and O–H groups in total. The summed E-state index contributed by atoms with van der Waals surface area (Å²) < 4.78 is 1.92. The Hall–Kier alpha value is -1.73. The Bertz CT molecular complexity index is 939. The van der Waals surface area contributed by atoms with Gasteiger partial charge in [-0.3, -0.25) is 0 Å². The highest BCUT2D eigenvalue weighted by Gasteiger charge is 2.24. The summed E-state index contributed by atoms with van der Waals surface area (Å²) in [6.45, 7) is 12.9. The zero-order valence-corrected chi connectivity index (χ0v) is 17.7. The van der Waals surface area contributed by atoms with Crippen LogP contribution in [0.15, 0.2) is 0 Å². The van der Waals surface area contributed by atoms with Gasteiger partial charge in [0.05, 0.1) is 5.39 Å². The van der Waals surface area contributed by atoms with Crippen LogP contribution < -0.4 is 5.32 Å². The number of thiophene rings is 1. The third-order valence-electron chi connectivity index (χ3n) is 5.66. The molecule has 0 spiro atoms. The highest BCUT2D eigenvalue weighted by molar-refractivity contribution is 7.19. The second-order valence-corrected chi connectivity index (χ2v) is 8.75. The lowest BCUT2D eigenvalue weighted by Crippen LogP contribution is -2.25. The Labute approximate surface area is 165 Å². The van der Waals surface area contributed by atoms with E-state index >= 15 is 0 Å². The van der Waals surface area contributed by atoms with Crippen molar-refractivity contribution < 1.29 is 0 Å². The zero-order chi connectivity index (χ0) is 19.0. The fourth-order valence-electron chi connectivity index (χ4n) is 4.08. The van der Waals surface area contributed by atoms with Crippen molar-refractivity contribution in [3.63, 3.8) is 0 Å². The number of aromatic nitrogens is 4. The summed E-state index contributed by atoms with van der Waals surface area (Å²) >= 11 is 1.85. The summed E-state index contributed by atoms with van der Waals surface area (Å²) in [6, 6.07) is 0. The molecule has 0 saturated carbocycles. The first-order valence-electron chi connectivity index (χ1n) is 10.2. The van der Waals surface area contributed by atoms with E-state index in [0.29, 0.717) is 0 Å². The van der Waals surface area contributed by atoms with E-state index in [1.165, 1.54) is 28.7 Å². The van der Waals surface area contributed by atoms with Gasteiger partial charge in [-0.1, -0.05) is 20.8 Å². The van der Waals surface area contributed by atoms with Gasteiger partial charge in [-0.2, -0.15) is 4.52 Å². The first-order valence-corrected chi connectivity index (χ1v) is 11.1. The second kappa shape index (κ2) is 7.72. The predicted molar refractivity (Wildman–Crippen MR) is 113 cm³/mol. The maximum atomic E-state index is 4.96. The van der Waals surface area contributed by atoms with Gasteiger partial charge < -0.3 is 10.2 Å². The normalized spacial score (nSPS) is 17.1. The minimum absolute atomic E-state index is 0.734. The standard InChI is InChI=1S/C20H30N6S/c1-5-25(6-2)11-7-10-21-20-23-19-17(18-22-14(4)24-26(18)20)15-12-13(3)8-9-16(15)27-19/h13H,5-12H2,1-4H3,(H,21,23)/t13-/m1/s1. The number of fused-ring (bicyclic) bond motifs is 5. The van der Waals surface area contributed by atoms with E-state index in [4.69, 9.17) is 9.97 Å². The maximum Gasteiger partial charge on any atom is 0.227 e. The van der Waals surface area contributed by atoms with Crippen molar-refractivity contribution in [2.24, 2.45) is 5.92 Å². The van der Waals surface area contributed by atoms with Crippen LogP contribution in [0, 0.1) is 12.8 Å². The molecule has 0 amide bonds. The van der Waals surface area contributed by atoms with Crippen LogP contribution in [0.4, 0.5) is 5.95 Å². The lowest BCUT2D eigenvalue weighted by atomic mass is 9.89. The van der Waals surface area contributed by atoms with Crippen LogP contribution in [-0.4, -0.2) is 50.7 Å². The monoisotopic (exact) mass is 386 g/mol. The number of hydrogen-bond acceptors (Lipinski definition) is 6. The van der Waals surface area contributed by atoms with E-state index in [0.717, 1.165) is 67.2 Å². The Kier molecular flexibility index (Phi) is 5.32. The molecule has 7 heteroatoms. The number of rotatable bonds is 7. The molecule has 0 aliphatic heterocycles. The van der Waals surface area contributed by atoms with Crippen LogP contribution in [0.5, 0.6) is 0 Å². The number of nitrogens with zero attached hydrogens (tertiary/aromatic N) is 5. The maximum absolute atomic E-state index is 4.96. The van der Waals surface area contributed by atoms with Crippen molar-refractivity contribution in [3.05, 3.63) is 16.3 Å². The number of nitrogens with one attached hydrogen (secondary N) is 1. The molecule has 0 radical (unpaired) electrons. The van der Waals surface area contributed by atoms with Crippen LogP contribution in [-0.2, 0) is 12.8 Å². The molecule has 6 nitrogen and oxygen atoms in total. The Morgan fingerprint density at radius 2 is 2.07 bits per heavy atom. The average molecular weight is 387 g/mol. The number of hydrogen-bond donors (Lipinski definition) is 1. The van der Waals surface area contributed by atoms with Crippen LogP contribution in [0.3, 0.4) is 0 Å². The summed E-state index contributed by atoms with van der Waals surface area (Å²) in [5.74, 6) is 2.36. The van der Waals surface area contributed by atoms with Gasteiger partial charge >= 0.3 is 0 Å². The van der Waals surface area contributed by atoms with Gasteiger partial charge in [0, 0.05) is 11.4 Å². The van der Waals surface area contributed by atoms with Crippen molar-refractivity contribution >= 4 is 33.1 Å². The smallest absolute Gasteiger partial charge is 0.227 e. The molecular weight excluding hydrogens is 356 g/mol. The second-order valence-electron chi connectivity index (χ2n) is 7.67. The van der Waals surface area contributed by atoms with Gasteiger partial charge in [0.25, 0.3) is 0 Å². The van der Waals surface area contributed by atoms with Crippen LogP contribution in [0.25, 0.3) is 15.9 Å². The lowest BCUT2D eigenvalue weighted by Gasteiger charge is -2.18. The van der Waals surface area contributed by atoms with Gasteiger partial charge in [0.2, 0.25) is 5.95 Å². The Morgan fingerprint density at radius 3 is 2.85 bits per heavy atom. The molecule has 3 aromatic rings. The molecule has 0 unspecified atom stereocenters. The summed E-state index contributed by atoms with van der Waals surface area (Å²) in [5.41, 5.74) is 2.43. The molecule has 1 atom stereocenters. The largest absolute Gasteiger partial charge is 0.354 e. The molecule has 27 heavy (non-hydrogen) atoms. The molecule has 3 aromatic heterocycles. The van der Waals surface area contributed by atoms with Gasteiger partial charge in [0.15, 0.2) is 5.65 Å². The number of aryl methyl sites for hydroxylation is 2. The fourth-order valence-corrected chi connectivity index (χ4v) is 5.29. The summed E-state index contributed by atoms with van der Waals surface area (Å²) in [7, 11) is 0. The van der Waals surface area contributed by atoms with E-state index in [2.05, 4.69) is 36.1 Å². The van der Waals surface area contributed by atoms with Gasteiger partial charge in [-0.05, 0) is 63.7 Å². The minimum atomic E-state index is 0.734. The van der Waals surface area contributed by atoms with E-state index in [1.54, 1.807) is 0 Å². The first-order chi connectivity index (χ1) is 13.1. The van der Waals surface area contributed by atoms with E-state index < -0.39 is 0 Å². The Morgan fingerprint density at radius 1 is 1.26 bits per heavy atom. The molecule has 3 heterocycles. The molecule has 0 aromatic carbocycles. The van der Waals surface area contributed by atoms with E-state index in [1.807, 2.05) is 22.8 Å². The molecule has 0 fully saturated rings. The predicted octanol–water partition coefficient (Wildman–Crippen LogP) is 3.92. The number of anilines is 1. The van der Waals surface area contributed by atoms with Crippen LogP contribution in [0.2, 0.25) is 0 Å². The van der Waals surface area contributed by atoms with Crippen molar-refractivity contribution in [3.8, 4) is 0 Å². The van der Waals surface area contributed by atoms with Gasteiger partial charge in [-0.15, -0.1) is 16.4 Å². The highest BCUT2D eigenvalue weighted by Crippen LogP contribution is 2.39. The summed E-state index contributed by atoms with van der Waals surface area (Å²) in [4.78, 5) is 14.8. The van der Waals surface area contributed by atoms with E-state index in [-0.39, 0.29) is 0 Å². The quantitative estimate of drug-likeness (QED) is 0.624. The lowest BCUT2D eigenvalue weighted by molar-refractivity contribution is 0.303. The molecule has 1 aliphatic carbocycles. The first kappa shape index (κ1) is 18.6.